The van der Waals surface area contributed by atoms with Gasteiger partial charge in [-0.15, -0.1) is 0 Å². The summed E-state index contributed by atoms with van der Waals surface area (Å²) in [4.78, 5) is 0. The molecule has 0 radical (unpaired) electrons. The lowest BCUT2D eigenvalue weighted by molar-refractivity contribution is 0.228. The maximum atomic E-state index is 6.37. The Morgan fingerprint density at radius 2 is 0.966 bits per heavy atom. The van der Waals surface area contributed by atoms with Crippen LogP contribution in [-0.4, -0.2) is 14.9 Å². The monoisotopic (exact) mass is 426 g/mol. The van der Waals surface area contributed by atoms with E-state index in [-0.39, 0.29) is 0 Å². The van der Waals surface area contributed by atoms with Crippen LogP contribution in [-0.2, 0) is 4.43 Å². The first-order valence-electron chi connectivity index (χ1n) is 13.3. The van der Waals surface area contributed by atoms with E-state index < -0.39 is 8.32 Å². The van der Waals surface area contributed by atoms with Crippen molar-refractivity contribution in [2.75, 3.05) is 6.61 Å². The van der Waals surface area contributed by atoms with Gasteiger partial charge in [-0.3, -0.25) is 0 Å². The maximum Gasteiger partial charge on any atom is 0.191 e. The lowest BCUT2D eigenvalue weighted by atomic mass is 10.0. The molecule has 0 aromatic heterocycles. The summed E-state index contributed by atoms with van der Waals surface area (Å²) in [6, 6.07) is 0. The molecule has 176 valence electrons. The molecule has 0 aliphatic rings. The van der Waals surface area contributed by atoms with Gasteiger partial charge in [0.25, 0.3) is 0 Å². The molecule has 0 saturated carbocycles. The van der Waals surface area contributed by atoms with E-state index in [0.717, 1.165) is 12.5 Å². The first kappa shape index (κ1) is 29.2. The molecular formula is C27H58OSi. The van der Waals surface area contributed by atoms with E-state index in [4.69, 9.17) is 4.43 Å². The summed E-state index contributed by atoms with van der Waals surface area (Å²) in [7, 11) is -1.56. The molecule has 0 rings (SSSR count). The van der Waals surface area contributed by atoms with Crippen LogP contribution in [0.4, 0.5) is 0 Å². The second kappa shape index (κ2) is 17.8. The van der Waals surface area contributed by atoms with Crippen molar-refractivity contribution in [2.24, 2.45) is 5.92 Å². The smallest absolute Gasteiger partial charge is 0.191 e. The van der Waals surface area contributed by atoms with Crippen LogP contribution in [0.2, 0.25) is 18.1 Å². The molecule has 0 spiro atoms. The van der Waals surface area contributed by atoms with Crippen molar-refractivity contribution < 1.29 is 4.43 Å². The van der Waals surface area contributed by atoms with E-state index in [9.17, 15) is 0 Å². The molecule has 0 amide bonds. The van der Waals surface area contributed by atoms with Crippen molar-refractivity contribution >= 4 is 8.32 Å². The Bertz CT molecular complexity index is 345. The van der Waals surface area contributed by atoms with Gasteiger partial charge in [-0.25, -0.2) is 0 Å². The molecule has 1 atom stereocenters. The Morgan fingerprint density at radius 3 is 1.31 bits per heavy atom. The molecule has 2 heteroatoms. The third-order valence-electron chi connectivity index (χ3n) is 7.09. The summed E-state index contributed by atoms with van der Waals surface area (Å²) in [5.74, 6) is 0.718. The lowest BCUT2D eigenvalue weighted by Gasteiger charge is -2.37. The number of unbranched alkanes of at least 4 members (excludes halogenated alkanes) is 15. The predicted molar refractivity (Wildman–Crippen MR) is 136 cm³/mol. The van der Waals surface area contributed by atoms with E-state index in [0.29, 0.717) is 5.04 Å². The van der Waals surface area contributed by atoms with Crippen molar-refractivity contribution in [3.8, 4) is 0 Å². The predicted octanol–water partition coefficient (Wildman–Crippen LogP) is 10.3. The zero-order valence-corrected chi connectivity index (χ0v) is 22.7. The molecule has 0 aromatic rings. The lowest BCUT2D eigenvalue weighted by Crippen LogP contribution is -2.41. The molecule has 1 nitrogen and oxygen atoms in total. The second-order valence-corrected chi connectivity index (χ2v) is 16.1. The van der Waals surface area contributed by atoms with Gasteiger partial charge in [0.1, 0.15) is 0 Å². The Labute approximate surface area is 187 Å². The van der Waals surface area contributed by atoms with Gasteiger partial charge in [0.2, 0.25) is 0 Å². The highest BCUT2D eigenvalue weighted by atomic mass is 28.4. The van der Waals surface area contributed by atoms with Crippen LogP contribution in [0.3, 0.4) is 0 Å². The van der Waals surface area contributed by atoms with Gasteiger partial charge in [0.15, 0.2) is 8.32 Å². The minimum absolute atomic E-state index is 0.334. The fourth-order valence-corrected chi connectivity index (χ4v) is 4.83. The SMILES string of the molecule is CCCCCCCCCCCCCCCCCCC(C)CO[Si](C)(C)C(C)(C)C. The van der Waals surface area contributed by atoms with Crippen LogP contribution in [0, 0.1) is 5.92 Å². The van der Waals surface area contributed by atoms with Crippen molar-refractivity contribution in [1.29, 1.82) is 0 Å². The van der Waals surface area contributed by atoms with Gasteiger partial charge in [-0.2, -0.15) is 0 Å². The van der Waals surface area contributed by atoms with Gasteiger partial charge in [-0.1, -0.05) is 137 Å². The first-order chi connectivity index (χ1) is 13.7. The standard InChI is InChI=1S/C27H58OSi/c1-8-9-10-11-12-13-14-15-16-17-18-19-20-21-22-23-24-26(2)25-28-29(6,7)27(3,4)5/h26H,8-25H2,1-7H3. The second-order valence-electron chi connectivity index (χ2n) is 11.3. The molecule has 0 aliphatic carbocycles. The Hall–Kier alpha value is 0.177. The molecule has 0 N–H and O–H groups in total. The van der Waals surface area contributed by atoms with Gasteiger partial charge < -0.3 is 4.43 Å². The fraction of sp³-hybridized carbons (Fsp3) is 1.00. The molecule has 0 heterocycles. The molecule has 0 saturated heterocycles. The van der Waals surface area contributed by atoms with Crippen LogP contribution >= 0.6 is 0 Å². The highest BCUT2D eigenvalue weighted by Gasteiger charge is 2.37. The summed E-state index contributed by atoms with van der Waals surface area (Å²) >= 11 is 0. The zero-order valence-electron chi connectivity index (χ0n) is 21.7. The van der Waals surface area contributed by atoms with E-state index in [1.54, 1.807) is 0 Å². The Balaban J connectivity index is 3.33. The van der Waals surface area contributed by atoms with E-state index in [2.05, 4.69) is 47.7 Å². The van der Waals surface area contributed by atoms with Gasteiger partial charge in [-0.05, 0) is 30.5 Å². The van der Waals surface area contributed by atoms with E-state index in [1.807, 2.05) is 0 Å². The average Bonchev–Trinajstić information content (AvgIpc) is 2.65. The normalized spacial score (nSPS) is 13.8. The van der Waals surface area contributed by atoms with Crippen LogP contribution in [0.15, 0.2) is 0 Å². The molecular weight excluding hydrogens is 368 g/mol. The highest BCUT2D eigenvalue weighted by molar-refractivity contribution is 6.74. The third-order valence-corrected chi connectivity index (χ3v) is 11.6. The fourth-order valence-electron chi connectivity index (χ4n) is 3.69. The van der Waals surface area contributed by atoms with Crippen LogP contribution in [0.1, 0.15) is 144 Å². The van der Waals surface area contributed by atoms with Gasteiger partial charge in [0.05, 0.1) is 0 Å². The summed E-state index contributed by atoms with van der Waals surface area (Å²) in [5, 5.41) is 0.334. The first-order valence-corrected chi connectivity index (χ1v) is 16.3. The molecule has 0 fully saturated rings. The highest BCUT2D eigenvalue weighted by Crippen LogP contribution is 2.36. The van der Waals surface area contributed by atoms with Gasteiger partial charge >= 0.3 is 0 Å². The van der Waals surface area contributed by atoms with Crippen LogP contribution in [0.25, 0.3) is 0 Å². The topological polar surface area (TPSA) is 9.23 Å². The Kier molecular flexibility index (Phi) is 17.9. The molecule has 0 aromatic carbocycles. The quantitative estimate of drug-likeness (QED) is 0.139. The van der Waals surface area contributed by atoms with E-state index >= 15 is 0 Å². The minimum atomic E-state index is -1.56. The molecule has 1 unspecified atom stereocenters. The molecule has 29 heavy (non-hydrogen) atoms. The van der Waals surface area contributed by atoms with Crippen LogP contribution in [0.5, 0.6) is 0 Å². The average molecular weight is 427 g/mol. The Morgan fingerprint density at radius 1 is 0.621 bits per heavy atom. The summed E-state index contributed by atoms with van der Waals surface area (Å²) in [5.41, 5.74) is 0. The van der Waals surface area contributed by atoms with Crippen molar-refractivity contribution in [3.05, 3.63) is 0 Å². The van der Waals surface area contributed by atoms with Crippen LogP contribution < -0.4 is 0 Å². The van der Waals surface area contributed by atoms with Gasteiger partial charge in [0, 0.05) is 6.61 Å². The molecule has 0 bridgehead atoms. The molecule has 0 aliphatic heterocycles. The number of rotatable bonds is 20. The number of hydrogen-bond donors (Lipinski definition) is 0. The third kappa shape index (κ3) is 17.5. The van der Waals surface area contributed by atoms with Crippen molar-refractivity contribution in [2.45, 2.75) is 162 Å². The number of hydrogen-bond acceptors (Lipinski definition) is 1. The largest absolute Gasteiger partial charge is 0.417 e. The zero-order chi connectivity index (χ0) is 22.0. The maximum absolute atomic E-state index is 6.37. The van der Waals surface area contributed by atoms with Crippen molar-refractivity contribution in [3.63, 3.8) is 0 Å². The summed E-state index contributed by atoms with van der Waals surface area (Å²) < 4.78 is 6.37. The summed E-state index contributed by atoms with van der Waals surface area (Å²) in [6.07, 6.45) is 24.5. The minimum Gasteiger partial charge on any atom is -0.417 e. The summed E-state index contributed by atoms with van der Waals surface area (Å²) in [6.45, 7) is 17.4. The van der Waals surface area contributed by atoms with E-state index in [1.165, 1.54) is 109 Å². The van der Waals surface area contributed by atoms with Crippen molar-refractivity contribution in [1.82, 2.24) is 0 Å².